The van der Waals surface area contributed by atoms with E-state index in [1.807, 2.05) is 0 Å². The van der Waals surface area contributed by atoms with Gasteiger partial charge in [0.2, 0.25) is 0 Å². The molecule has 0 amide bonds. The number of rotatable bonds is 3. The third-order valence-electron chi connectivity index (χ3n) is 5.83. The third kappa shape index (κ3) is 2.70. The molecular weight excluding hydrogens is 206 g/mol. The summed E-state index contributed by atoms with van der Waals surface area (Å²) in [6.07, 6.45) is 14.8. The summed E-state index contributed by atoms with van der Waals surface area (Å²) in [5.74, 6) is 1.91. The predicted molar refractivity (Wildman–Crippen MR) is 75.2 cm³/mol. The quantitative estimate of drug-likeness (QED) is 0.700. The van der Waals surface area contributed by atoms with E-state index in [1.54, 1.807) is 0 Å². The number of hydrogen-bond acceptors (Lipinski definition) is 1. The molecule has 0 aromatic heterocycles. The zero-order valence-corrected chi connectivity index (χ0v) is 12.2. The molecule has 2 rings (SSSR count). The van der Waals surface area contributed by atoms with Crippen molar-refractivity contribution in [3.63, 3.8) is 0 Å². The van der Waals surface area contributed by atoms with Gasteiger partial charge in [0.25, 0.3) is 0 Å². The fraction of sp³-hybridized carbons (Fsp3) is 1.00. The van der Waals surface area contributed by atoms with E-state index >= 15 is 0 Å². The summed E-state index contributed by atoms with van der Waals surface area (Å²) >= 11 is 0. The second-order valence-electron chi connectivity index (χ2n) is 6.79. The van der Waals surface area contributed by atoms with Crippen LogP contribution < -0.4 is 0 Å². The molecule has 0 N–H and O–H groups in total. The minimum Gasteiger partial charge on any atom is -0.303 e. The van der Waals surface area contributed by atoms with Gasteiger partial charge in [-0.2, -0.15) is 0 Å². The van der Waals surface area contributed by atoms with Gasteiger partial charge in [0.1, 0.15) is 0 Å². The lowest BCUT2D eigenvalue weighted by molar-refractivity contribution is -0.000317. The molecule has 1 heteroatoms. The lowest BCUT2D eigenvalue weighted by Gasteiger charge is -2.51. The Hall–Kier alpha value is -0.0400. The second kappa shape index (κ2) is 5.73. The normalized spacial score (nSPS) is 25.4. The first-order valence-electron chi connectivity index (χ1n) is 7.83. The fourth-order valence-corrected chi connectivity index (χ4v) is 4.44. The molecule has 0 aromatic carbocycles. The van der Waals surface area contributed by atoms with Crippen LogP contribution in [-0.2, 0) is 0 Å². The average Bonchev–Trinajstić information content (AvgIpc) is 2.39. The zero-order valence-electron chi connectivity index (χ0n) is 12.2. The van der Waals surface area contributed by atoms with Crippen molar-refractivity contribution in [3.8, 4) is 0 Å². The molecule has 2 fully saturated rings. The maximum absolute atomic E-state index is 2.57. The van der Waals surface area contributed by atoms with Crippen LogP contribution >= 0.6 is 0 Å². The minimum atomic E-state index is 0.473. The standard InChI is InChI=1S/C16H31N/c1-16(17(2)3,14-10-6-4-7-11-14)15-12-8-5-9-13-15/h14-15H,4-13H2,1-3H3. The highest BCUT2D eigenvalue weighted by molar-refractivity contribution is 4.97. The molecule has 0 spiro atoms. The molecule has 0 radical (unpaired) electrons. The van der Waals surface area contributed by atoms with Crippen LogP contribution in [0, 0.1) is 11.8 Å². The van der Waals surface area contributed by atoms with E-state index in [9.17, 15) is 0 Å². The molecule has 0 saturated heterocycles. The highest BCUT2D eigenvalue weighted by Gasteiger charge is 2.43. The van der Waals surface area contributed by atoms with Crippen LogP contribution in [0.2, 0.25) is 0 Å². The lowest BCUT2D eigenvalue weighted by Crippen LogP contribution is -2.54. The van der Waals surface area contributed by atoms with Crippen LogP contribution in [0.25, 0.3) is 0 Å². The van der Waals surface area contributed by atoms with Gasteiger partial charge in [-0.3, -0.25) is 0 Å². The van der Waals surface area contributed by atoms with Gasteiger partial charge in [-0.1, -0.05) is 38.5 Å². The van der Waals surface area contributed by atoms with Crippen LogP contribution in [-0.4, -0.2) is 24.5 Å². The van der Waals surface area contributed by atoms with Gasteiger partial charge in [0, 0.05) is 5.54 Å². The maximum Gasteiger partial charge on any atom is 0.0231 e. The smallest absolute Gasteiger partial charge is 0.0231 e. The van der Waals surface area contributed by atoms with Gasteiger partial charge in [0.05, 0.1) is 0 Å². The van der Waals surface area contributed by atoms with E-state index in [0.717, 1.165) is 11.8 Å². The third-order valence-corrected chi connectivity index (χ3v) is 5.83. The van der Waals surface area contributed by atoms with E-state index in [1.165, 1.54) is 64.2 Å². The minimum absolute atomic E-state index is 0.473. The van der Waals surface area contributed by atoms with Crippen molar-refractivity contribution in [2.75, 3.05) is 14.1 Å². The van der Waals surface area contributed by atoms with Crippen molar-refractivity contribution in [1.29, 1.82) is 0 Å². The van der Waals surface area contributed by atoms with Crippen molar-refractivity contribution in [2.45, 2.75) is 76.7 Å². The molecule has 1 nitrogen and oxygen atoms in total. The highest BCUT2D eigenvalue weighted by Crippen LogP contribution is 2.45. The Bertz CT molecular complexity index is 204. The summed E-state index contributed by atoms with van der Waals surface area (Å²) in [6.45, 7) is 2.57. The molecular formula is C16H31N. The molecule has 0 bridgehead atoms. The van der Waals surface area contributed by atoms with Crippen molar-refractivity contribution in [1.82, 2.24) is 4.90 Å². The van der Waals surface area contributed by atoms with Crippen LogP contribution in [0.3, 0.4) is 0 Å². The Kier molecular flexibility index (Phi) is 4.52. The van der Waals surface area contributed by atoms with Gasteiger partial charge in [-0.25, -0.2) is 0 Å². The predicted octanol–water partition coefficient (Wildman–Crippen LogP) is 4.47. The summed E-state index contributed by atoms with van der Waals surface area (Å²) in [7, 11) is 4.65. The molecule has 0 atom stereocenters. The van der Waals surface area contributed by atoms with Gasteiger partial charge in [-0.15, -0.1) is 0 Å². The van der Waals surface area contributed by atoms with E-state index in [-0.39, 0.29) is 0 Å². The summed E-state index contributed by atoms with van der Waals surface area (Å²) in [4.78, 5) is 2.57. The molecule has 0 heterocycles. The Morgan fingerprint density at radius 2 is 1.06 bits per heavy atom. The first-order chi connectivity index (χ1) is 8.15. The molecule has 2 aliphatic carbocycles. The van der Waals surface area contributed by atoms with Gasteiger partial charge in [0.15, 0.2) is 0 Å². The highest BCUT2D eigenvalue weighted by atomic mass is 15.2. The van der Waals surface area contributed by atoms with Crippen LogP contribution in [0.4, 0.5) is 0 Å². The topological polar surface area (TPSA) is 3.24 Å². The fourth-order valence-electron chi connectivity index (χ4n) is 4.44. The van der Waals surface area contributed by atoms with Gasteiger partial charge >= 0.3 is 0 Å². The summed E-state index contributed by atoms with van der Waals surface area (Å²) in [5, 5.41) is 0. The van der Waals surface area contributed by atoms with E-state index in [4.69, 9.17) is 0 Å². The Labute approximate surface area is 108 Å². The maximum atomic E-state index is 2.57. The van der Waals surface area contributed by atoms with Crippen LogP contribution in [0.5, 0.6) is 0 Å². The van der Waals surface area contributed by atoms with Gasteiger partial charge in [-0.05, 0) is 58.5 Å². The summed E-state index contributed by atoms with van der Waals surface area (Å²) in [6, 6.07) is 0. The molecule has 0 unspecified atom stereocenters. The first-order valence-corrected chi connectivity index (χ1v) is 7.83. The number of nitrogens with zero attached hydrogens (tertiary/aromatic N) is 1. The molecule has 0 aromatic rings. The van der Waals surface area contributed by atoms with Gasteiger partial charge < -0.3 is 4.90 Å². The molecule has 17 heavy (non-hydrogen) atoms. The van der Waals surface area contributed by atoms with E-state index in [0.29, 0.717) is 5.54 Å². The van der Waals surface area contributed by atoms with Crippen molar-refractivity contribution in [3.05, 3.63) is 0 Å². The first kappa shape index (κ1) is 13.4. The molecule has 100 valence electrons. The SMILES string of the molecule is CN(C)C(C)(C1CCCCC1)C1CCCCC1. The van der Waals surface area contributed by atoms with E-state index in [2.05, 4.69) is 25.9 Å². The molecule has 0 aliphatic heterocycles. The van der Waals surface area contributed by atoms with Crippen LogP contribution in [0.15, 0.2) is 0 Å². The zero-order chi connectivity index (χ0) is 12.3. The monoisotopic (exact) mass is 237 g/mol. The molecule has 2 aliphatic rings. The second-order valence-corrected chi connectivity index (χ2v) is 6.79. The largest absolute Gasteiger partial charge is 0.303 e. The summed E-state index contributed by atoms with van der Waals surface area (Å²) in [5.41, 5.74) is 0.473. The molecule has 2 saturated carbocycles. The summed E-state index contributed by atoms with van der Waals surface area (Å²) < 4.78 is 0. The number of hydrogen-bond donors (Lipinski definition) is 0. The van der Waals surface area contributed by atoms with Crippen molar-refractivity contribution in [2.24, 2.45) is 11.8 Å². The Morgan fingerprint density at radius 1 is 0.706 bits per heavy atom. The Morgan fingerprint density at radius 3 is 1.35 bits per heavy atom. The van der Waals surface area contributed by atoms with Crippen LogP contribution in [0.1, 0.15) is 71.1 Å². The van der Waals surface area contributed by atoms with Crippen molar-refractivity contribution < 1.29 is 0 Å². The van der Waals surface area contributed by atoms with Crippen molar-refractivity contribution >= 4 is 0 Å². The van der Waals surface area contributed by atoms with E-state index < -0.39 is 0 Å². The average molecular weight is 237 g/mol. The Balaban J connectivity index is 2.11. The lowest BCUT2D eigenvalue weighted by atomic mass is 9.64.